The van der Waals surface area contributed by atoms with Crippen molar-refractivity contribution in [2.75, 3.05) is 0 Å². The number of halogens is 2. The topological polar surface area (TPSA) is 83.5 Å². The van der Waals surface area contributed by atoms with Gasteiger partial charge in [-0.25, -0.2) is 13.1 Å². The number of nitrogens with one attached hydrogen (secondary N) is 1. The van der Waals surface area contributed by atoms with E-state index in [1.807, 2.05) is 0 Å². The van der Waals surface area contributed by atoms with Crippen molar-refractivity contribution in [3.8, 4) is 0 Å². The molecule has 104 valence electrons. The number of carboxylic acids is 1. The molecule has 0 spiro atoms. The summed E-state index contributed by atoms with van der Waals surface area (Å²) in [7, 11) is -3.68. The highest BCUT2D eigenvalue weighted by Gasteiger charge is 2.29. The van der Waals surface area contributed by atoms with Crippen LogP contribution in [0, 0.1) is 5.92 Å². The minimum atomic E-state index is -3.68. The van der Waals surface area contributed by atoms with E-state index in [2.05, 4.69) is 20.7 Å². The van der Waals surface area contributed by atoms with E-state index in [-0.39, 0.29) is 10.6 Å². The van der Waals surface area contributed by atoms with E-state index in [1.165, 1.54) is 12.1 Å². The molecule has 0 amide bonds. The van der Waals surface area contributed by atoms with E-state index in [0.717, 1.165) is 11.3 Å². The smallest absolute Gasteiger partial charge is 0.310 e. The molecule has 0 bridgehead atoms. The molecule has 9 heteroatoms. The number of carboxylic acid groups (broad SMARTS) is 1. The molecular weight excluding hydrogens is 378 g/mol. The van der Waals surface area contributed by atoms with Crippen LogP contribution in [0.25, 0.3) is 0 Å². The molecule has 1 aliphatic rings. The molecule has 0 aromatic carbocycles. The van der Waals surface area contributed by atoms with E-state index in [9.17, 15) is 13.2 Å². The Morgan fingerprint density at radius 1 is 1.53 bits per heavy atom. The summed E-state index contributed by atoms with van der Waals surface area (Å²) in [6, 6.07) is 0.845. The zero-order valence-corrected chi connectivity index (χ0v) is 13.3. The van der Waals surface area contributed by atoms with Gasteiger partial charge in [0.25, 0.3) is 10.0 Å². The number of rotatable bonds is 4. The van der Waals surface area contributed by atoms with Gasteiger partial charge in [-0.1, -0.05) is 23.8 Å². The Labute approximate surface area is 127 Å². The molecule has 19 heavy (non-hydrogen) atoms. The molecule has 1 aromatic heterocycles. The molecule has 0 radical (unpaired) electrons. The van der Waals surface area contributed by atoms with Crippen LogP contribution in [0.15, 0.2) is 26.2 Å². The highest BCUT2D eigenvalue weighted by atomic mass is 79.9. The maximum Gasteiger partial charge on any atom is 0.310 e. The SMILES string of the molecule is O=C(O)C1C=CC(NS(=O)(=O)c2cc(Cl)c(Br)s2)C1. The van der Waals surface area contributed by atoms with E-state index in [1.54, 1.807) is 6.08 Å². The third-order valence-corrected chi connectivity index (χ3v) is 7.03. The van der Waals surface area contributed by atoms with Crippen LogP contribution < -0.4 is 4.72 Å². The first-order valence-corrected chi connectivity index (χ1v) is 8.65. The predicted octanol–water partition coefficient (Wildman–Crippen LogP) is 2.47. The van der Waals surface area contributed by atoms with E-state index in [4.69, 9.17) is 16.7 Å². The third kappa shape index (κ3) is 3.38. The van der Waals surface area contributed by atoms with Crippen molar-refractivity contribution in [1.82, 2.24) is 4.72 Å². The first-order chi connectivity index (χ1) is 8.79. The number of hydrogen-bond acceptors (Lipinski definition) is 4. The molecule has 0 saturated heterocycles. The molecular formula is C10H9BrClNO4S2. The summed E-state index contributed by atoms with van der Waals surface area (Å²) in [5, 5.41) is 9.17. The maximum atomic E-state index is 12.1. The summed E-state index contributed by atoms with van der Waals surface area (Å²) in [6.45, 7) is 0. The zero-order valence-electron chi connectivity index (χ0n) is 9.34. The Morgan fingerprint density at radius 2 is 2.21 bits per heavy atom. The Morgan fingerprint density at radius 3 is 2.68 bits per heavy atom. The van der Waals surface area contributed by atoms with Crippen LogP contribution in [-0.2, 0) is 14.8 Å². The second kappa shape index (κ2) is 5.53. The third-order valence-electron chi connectivity index (χ3n) is 2.59. The van der Waals surface area contributed by atoms with Crippen molar-refractivity contribution < 1.29 is 18.3 Å². The lowest BCUT2D eigenvalue weighted by Crippen LogP contribution is -2.32. The first kappa shape index (κ1) is 15.0. The van der Waals surface area contributed by atoms with Gasteiger partial charge in [-0.3, -0.25) is 4.79 Å². The number of sulfonamides is 1. The van der Waals surface area contributed by atoms with Crippen LogP contribution in [0.2, 0.25) is 5.02 Å². The van der Waals surface area contributed by atoms with Gasteiger partial charge in [0.05, 0.1) is 14.7 Å². The summed E-state index contributed by atoms with van der Waals surface area (Å²) in [5.41, 5.74) is 0. The molecule has 1 aromatic rings. The van der Waals surface area contributed by atoms with Gasteiger partial charge >= 0.3 is 5.97 Å². The van der Waals surface area contributed by atoms with Crippen LogP contribution in [0.5, 0.6) is 0 Å². The minimum absolute atomic E-state index is 0.0940. The van der Waals surface area contributed by atoms with E-state index in [0.29, 0.717) is 8.81 Å². The van der Waals surface area contributed by atoms with Gasteiger partial charge < -0.3 is 5.11 Å². The monoisotopic (exact) mass is 385 g/mol. The second-order valence-corrected chi connectivity index (χ2v) is 8.70. The fourth-order valence-corrected chi connectivity index (χ4v) is 5.30. The summed E-state index contributed by atoms with van der Waals surface area (Å²) in [4.78, 5) is 10.8. The normalized spacial score (nSPS) is 22.8. The predicted molar refractivity (Wildman–Crippen MR) is 76.0 cm³/mol. The highest BCUT2D eigenvalue weighted by molar-refractivity contribution is 9.11. The highest BCUT2D eigenvalue weighted by Crippen LogP contribution is 2.34. The summed E-state index contributed by atoms with van der Waals surface area (Å²) in [5.74, 6) is -1.61. The molecule has 0 saturated carbocycles. The van der Waals surface area contributed by atoms with Gasteiger partial charge in [0.1, 0.15) is 4.21 Å². The van der Waals surface area contributed by atoms with E-state index >= 15 is 0 Å². The van der Waals surface area contributed by atoms with Gasteiger partial charge in [0.2, 0.25) is 0 Å². The Balaban J connectivity index is 2.11. The number of thiophene rings is 1. The first-order valence-electron chi connectivity index (χ1n) is 5.18. The summed E-state index contributed by atoms with van der Waals surface area (Å²) < 4.78 is 27.2. The Kier molecular flexibility index (Phi) is 4.36. The lowest BCUT2D eigenvalue weighted by atomic mass is 10.1. The van der Waals surface area contributed by atoms with Gasteiger partial charge in [-0.2, -0.15) is 0 Å². The average Bonchev–Trinajstić information content (AvgIpc) is 2.87. The fourth-order valence-electron chi connectivity index (χ4n) is 1.69. The average molecular weight is 387 g/mol. The summed E-state index contributed by atoms with van der Waals surface area (Å²) in [6.07, 6.45) is 3.27. The lowest BCUT2D eigenvalue weighted by Gasteiger charge is -2.11. The van der Waals surface area contributed by atoms with Crippen molar-refractivity contribution in [3.05, 3.63) is 27.0 Å². The largest absolute Gasteiger partial charge is 0.481 e. The van der Waals surface area contributed by atoms with Gasteiger partial charge in [0, 0.05) is 6.04 Å². The van der Waals surface area contributed by atoms with Crippen molar-refractivity contribution in [3.63, 3.8) is 0 Å². The van der Waals surface area contributed by atoms with Crippen LogP contribution in [0.1, 0.15) is 6.42 Å². The van der Waals surface area contributed by atoms with Crippen molar-refractivity contribution in [1.29, 1.82) is 0 Å². The molecule has 1 heterocycles. The fraction of sp³-hybridized carbons (Fsp3) is 0.300. The summed E-state index contributed by atoms with van der Waals surface area (Å²) >= 11 is 9.95. The number of carbonyl (C=O) groups is 1. The number of aliphatic carboxylic acids is 1. The van der Waals surface area contributed by atoms with Crippen molar-refractivity contribution in [2.24, 2.45) is 5.92 Å². The molecule has 0 fully saturated rings. The molecule has 1 aliphatic carbocycles. The Bertz CT molecular complexity index is 620. The number of hydrogen-bond donors (Lipinski definition) is 2. The zero-order chi connectivity index (χ0) is 14.2. The minimum Gasteiger partial charge on any atom is -0.481 e. The van der Waals surface area contributed by atoms with E-state index < -0.39 is 28.0 Å². The van der Waals surface area contributed by atoms with Crippen molar-refractivity contribution in [2.45, 2.75) is 16.7 Å². The maximum absolute atomic E-state index is 12.1. The molecule has 2 N–H and O–H groups in total. The standard InChI is InChI=1S/C10H9BrClNO4S2/c11-9-7(12)4-8(18-9)19(16,17)13-6-2-1-5(3-6)10(14)15/h1-2,4-6,13H,3H2,(H,14,15). The van der Waals surface area contributed by atoms with Crippen molar-refractivity contribution >= 4 is 54.9 Å². The molecule has 5 nitrogen and oxygen atoms in total. The Hall–Kier alpha value is -0.410. The van der Waals surface area contributed by atoms with Crippen LogP contribution >= 0.6 is 38.9 Å². The quantitative estimate of drug-likeness (QED) is 0.779. The van der Waals surface area contributed by atoms with Gasteiger partial charge in [-0.15, -0.1) is 11.3 Å². The molecule has 2 atom stereocenters. The van der Waals surface area contributed by atoms with Crippen LogP contribution in [0.3, 0.4) is 0 Å². The van der Waals surface area contributed by atoms with Crippen LogP contribution in [0.4, 0.5) is 0 Å². The van der Waals surface area contributed by atoms with Gasteiger partial charge in [-0.05, 0) is 28.4 Å². The lowest BCUT2D eigenvalue weighted by molar-refractivity contribution is -0.140. The van der Waals surface area contributed by atoms with Crippen LogP contribution in [-0.4, -0.2) is 25.5 Å². The molecule has 0 aliphatic heterocycles. The second-order valence-electron chi connectivity index (χ2n) is 3.98. The molecule has 2 unspecified atom stereocenters. The molecule has 2 rings (SSSR count). The van der Waals surface area contributed by atoms with Gasteiger partial charge in [0.15, 0.2) is 0 Å².